The van der Waals surface area contributed by atoms with Crippen molar-refractivity contribution in [1.29, 1.82) is 0 Å². The fourth-order valence-corrected chi connectivity index (χ4v) is 1.94. The topological polar surface area (TPSA) is 72.9 Å². The molecule has 0 aromatic carbocycles. The van der Waals surface area contributed by atoms with Gasteiger partial charge in [0.1, 0.15) is 0 Å². The molecule has 0 bridgehead atoms. The average Bonchev–Trinajstić information content (AvgIpc) is 2.16. The lowest BCUT2D eigenvalue weighted by Gasteiger charge is -2.42. The number of piperazine rings is 2. The molecule has 2 heterocycles. The Morgan fingerprint density at radius 2 is 2.29 bits per heavy atom. The zero-order chi connectivity index (χ0) is 10.1. The second-order valence-corrected chi connectivity index (χ2v) is 3.66. The highest BCUT2D eigenvalue weighted by molar-refractivity contribution is 5.79. The standard InChI is InChI=1S/C8H13N3O3/c12-7-5-10-1-2-11(8(13)14)4-6(10)3-9-7/h6H,1-5H2,(H,9,12)(H,13,14)/t6-/m0/s1. The molecule has 2 rings (SSSR count). The molecule has 6 heteroatoms. The highest BCUT2D eigenvalue weighted by Crippen LogP contribution is 2.11. The van der Waals surface area contributed by atoms with Crippen LogP contribution in [0.3, 0.4) is 0 Å². The van der Waals surface area contributed by atoms with Crippen molar-refractivity contribution in [3.63, 3.8) is 0 Å². The van der Waals surface area contributed by atoms with Crippen LogP contribution in [0.25, 0.3) is 0 Å². The van der Waals surface area contributed by atoms with Crippen LogP contribution in [0, 0.1) is 0 Å². The Balaban J connectivity index is 1.98. The summed E-state index contributed by atoms with van der Waals surface area (Å²) in [4.78, 5) is 25.2. The molecule has 0 unspecified atom stereocenters. The Hall–Kier alpha value is -1.30. The van der Waals surface area contributed by atoms with E-state index in [9.17, 15) is 9.59 Å². The molecule has 78 valence electrons. The second kappa shape index (κ2) is 3.45. The van der Waals surface area contributed by atoms with E-state index in [2.05, 4.69) is 5.32 Å². The molecule has 2 aliphatic heterocycles. The molecule has 0 spiro atoms. The number of carbonyl (C=O) groups is 2. The number of rotatable bonds is 0. The molecule has 6 nitrogen and oxygen atoms in total. The third-order valence-corrected chi connectivity index (χ3v) is 2.76. The van der Waals surface area contributed by atoms with Gasteiger partial charge in [0.2, 0.25) is 5.91 Å². The van der Waals surface area contributed by atoms with Crippen molar-refractivity contribution in [2.45, 2.75) is 6.04 Å². The molecule has 0 saturated carbocycles. The molecule has 1 atom stereocenters. The summed E-state index contributed by atoms with van der Waals surface area (Å²) >= 11 is 0. The Kier molecular flexibility index (Phi) is 2.28. The van der Waals surface area contributed by atoms with Crippen molar-refractivity contribution < 1.29 is 14.7 Å². The second-order valence-electron chi connectivity index (χ2n) is 3.66. The first kappa shape index (κ1) is 9.26. The van der Waals surface area contributed by atoms with Crippen molar-refractivity contribution in [1.82, 2.24) is 15.1 Å². The highest BCUT2D eigenvalue weighted by Gasteiger charge is 2.33. The number of carboxylic acid groups (broad SMARTS) is 1. The van der Waals surface area contributed by atoms with Crippen LogP contribution in [-0.4, -0.2) is 65.7 Å². The van der Waals surface area contributed by atoms with Crippen molar-refractivity contribution in [2.24, 2.45) is 0 Å². The molecule has 14 heavy (non-hydrogen) atoms. The Bertz CT molecular complexity index is 269. The number of nitrogens with zero attached hydrogens (tertiary/aromatic N) is 2. The molecule has 2 aliphatic rings. The fraction of sp³-hybridized carbons (Fsp3) is 0.750. The Labute approximate surface area is 81.5 Å². The minimum atomic E-state index is -0.874. The first-order valence-electron chi connectivity index (χ1n) is 4.65. The summed E-state index contributed by atoms with van der Waals surface area (Å²) in [6.07, 6.45) is -0.874. The number of hydrogen-bond donors (Lipinski definition) is 2. The molecule has 2 saturated heterocycles. The van der Waals surface area contributed by atoms with Gasteiger partial charge in [0.15, 0.2) is 0 Å². The zero-order valence-corrected chi connectivity index (χ0v) is 7.77. The van der Waals surface area contributed by atoms with Gasteiger partial charge in [-0.2, -0.15) is 0 Å². The fourth-order valence-electron chi connectivity index (χ4n) is 1.94. The lowest BCUT2D eigenvalue weighted by Crippen LogP contribution is -2.63. The highest BCUT2D eigenvalue weighted by atomic mass is 16.4. The summed E-state index contributed by atoms with van der Waals surface area (Å²) in [6.45, 7) is 2.61. The van der Waals surface area contributed by atoms with Gasteiger partial charge in [-0.15, -0.1) is 0 Å². The number of fused-ring (bicyclic) bond motifs is 1. The van der Waals surface area contributed by atoms with Gasteiger partial charge in [0.25, 0.3) is 0 Å². The van der Waals surface area contributed by atoms with E-state index in [1.165, 1.54) is 4.90 Å². The van der Waals surface area contributed by atoms with Gasteiger partial charge in [-0.05, 0) is 0 Å². The van der Waals surface area contributed by atoms with Gasteiger partial charge >= 0.3 is 6.09 Å². The molecule has 0 radical (unpaired) electrons. The van der Waals surface area contributed by atoms with Gasteiger partial charge in [0, 0.05) is 32.2 Å². The summed E-state index contributed by atoms with van der Waals surface area (Å²) in [5.74, 6) is 0.0324. The van der Waals surface area contributed by atoms with Gasteiger partial charge in [-0.1, -0.05) is 0 Å². The Morgan fingerprint density at radius 1 is 1.50 bits per heavy atom. The maximum Gasteiger partial charge on any atom is 0.407 e. The molecule has 0 aromatic rings. The summed E-state index contributed by atoms with van der Waals surface area (Å²) < 4.78 is 0. The van der Waals surface area contributed by atoms with Crippen LogP contribution in [0.5, 0.6) is 0 Å². The first-order chi connectivity index (χ1) is 6.66. The first-order valence-corrected chi connectivity index (χ1v) is 4.65. The lowest BCUT2D eigenvalue weighted by molar-refractivity contribution is -0.126. The van der Waals surface area contributed by atoms with Gasteiger partial charge in [-0.3, -0.25) is 9.69 Å². The largest absolute Gasteiger partial charge is 0.465 e. The molecule has 0 aromatic heterocycles. The molecule has 2 amide bonds. The van der Waals surface area contributed by atoms with Crippen molar-refractivity contribution in [3.05, 3.63) is 0 Å². The van der Waals surface area contributed by atoms with E-state index in [0.717, 1.165) is 0 Å². The van der Waals surface area contributed by atoms with Crippen molar-refractivity contribution >= 4 is 12.0 Å². The van der Waals surface area contributed by atoms with E-state index >= 15 is 0 Å². The summed E-state index contributed by atoms with van der Waals surface area (Å²) in [5, 5.41) is 11.5. The van der Waals surface area contributed by atoms with Crippen molar-refractivity contribution in [3.8, 4) is 0 Å². The quantitative estimate of drug-likeness (QED) is 0.513. The predicted molar refractivity (Wildman–Crippen MR) is 48.0 cm³/mol. The van der Waals surface area contributed by atoms with E-state index in [-0.39, 0.29) is 11.9 Å². The van der Waals surface area contributed by atoms with E-state index < -0.39 is 6.09 Å². The maximum atomic E-state index is 11.1. The minimum Gasteiger partial charge on any atom is -0.465 e. The summed E-state index contributed by atoms with van der Waals surface area (Å²) in [6, 6.07) is 0.151. The average molecular weight is 199 g/mol. The molecule has 2 fully saturated rings. The minimum absolute atomic E-state index is 0.0324. The van der Waals surface area contributed by atoms with Gasteiger partial charge in [-0.25, -0.2) is 4.79 Å². The van der Waals surface area contributed by atoms with Crippen LogP contribution in [0.4, 0.5) is 4.79 Å². The van der Waals surface area contributed by atoms with Crippen LogP contribution in [0.1, 0.15) is 0 Å². The van der Waals surface area contributed by atoms with Crippen LogP contribution in [-0.2, 0) is 4.79 Å². The van der Waals surface area contributed by atoms with Crippen LogP contribution in [0.2, 0.25) is 0 Å². The SMILES string of the molecule is O=C1CN2CCN(C(=O)O)C[C@@H]2CN1. The molecule has 2 N–H and O–H groups in total. The number of hydrogen-bond acceptors (Lipinski definition) is 3. The monoisotopic (exact) mass is 199 g/mol. The molecular formula is C8H13N3O3. The summed E-state index contributed by atoms with van der Waals surface area (Å²) in [7, 11) is 0. The molecular weight excluding hydrogens is 186 g/mol. The number of nitrogens with one attached hydrogen (secondary N) is 1. The number of carbonyl (C=O) groups excluding carboxylic acids is 1. The Morgan fingerprint density at radius 3 is 3.00 bits per heavy atom. The van der Waals surface area contributed by atoms with E-state index in [4.69, 9.17) is 5.11 Å². The lowest BCUT2D eigenvalue weighted by atomic mass is 10.1. The van der Waals surface area contributed by atoms with Gasteiger partial charge in [0.05, 0.1) is 6.54 Å². The van der Waals surface area contributed by atoms with Crippen LogP contribution < -0.4 is 5.32 Å². The van der Waals surface area contributed by atoms with Crippen LogP contribution >= 0.6 is 0 Å². The van der Waals surface area contributed by atoms with Gasteiger partial charge < -0.3 is 15.3 Å². The van der Waals surface area contributed by atoms with E-state index in [1.54, 1.807) is 0 Å². The smallest absolute Gasteiger partial charge is 0.407 e. The van der Waals surface area contributed by atoms with Crippen LogP contribution in [0.15, 0.2) is 0 Å². The van der Waals surface area contributed by atoms with E-state index in [0.29, 0.717) is 32.7 Å². The summed E-state index contributed by atoms with van der Waals surface area (Å²) in [5.41, 5.74) is 0. The van der Waals surface area contributed by atoms with Crippen molar-refractivity contribution in [2.75, 3.05) is 32.7 Å². The zero-order valence-electron chi connectivity index (χ0n) is 7.77. The molecule has 0 aliphatic carbocycles. The number of amides is 2. The maximum absolute atomic E-state index is 11.1. The normalized spacial score (nSPS) is 28.1. The third kappa shape index (κ3) is 1.65. The van der Waals surface area contributed by atoms with E-state index in [1.807, 2.05) is 4.90 Å². The predicted octanol–water partition coefficient (Wildman–Crippen LogP) is -1.22. The third-order valence-electron chi connectivity index (χ3n) is 2.76.